The standard InChI is InChI=1S/C14H16N8O3S/c1-24-5-7(11(23)21-14-16-4-3-8(19-14)25-2)26-12-9-10(18-6-17-9)20-13(15)22-12/h3-4,6-7H,5H2,1-2H3,(H,16,19,21,23)(H3,15,17,18,20,22)/t7-/m0/s1. The minimum atomic E-state index is -0.629. The molecule has 3 aromatic rings. The summed E-state index contributed by atoms with van der Waals surface area (Å²) < 4.78 is 10.2. The van der Waals surface area contributed by atoms with Crippen LogP contribution in [0, 0.1) is 0 Å². The van der Waals surface area contributed by atoms with E-state index in [0.717, 1.165) is 0 Å². The minimum Gasteiger partial charge on any atom is -0.481 e. The number of anilines is 2. The number of carbonyl (C=O) groups is 1. The molecular formula is C14H16N8O3S. The number of hydrogen-bond donors (Lipinski definition) is 3. The summed E-state index contributed by atoms with van der Waals surface area (Å²) in [4.78, 5) is 35.9. The highest BCUT2D eigenvalue weighted by molar-refractivity contribution is 8.00. The zero-order valence-corrected chi connectivity index (χ0v) is 14.8. The van der Waals surface area contributed by atoms with Crippen molar-refractivity contribution in [3.8, 4) is 5.88 Å². The molecule has 11 nitrogen and oxygen atoms in total. The Morgan fingerprint density at radius 1 is 1.35 bits per heavy atom. The van der Waals surface area contributed by atoms with Gasteiger partial charge in [0, 0.05) is 19.4 Å². The van der Waals surface area contributed by atoms with Gasteiger partial charge >= 0.3 is 0 Å². The molecule has 136 valence electrons. The molecule has 0 bridgehead atoms. The van der Waals surface area contributed by atoms with E-state index >= 15 is 0 Å². The molecule has 0 aliphatic heterocycles. The number of nitrogen functional groups attached to an aromatic ring is 1. The van der Waals surface area contributed by atoms with Crippen LogP contribution in [-0.2, 0) is 9.53 Å². The molecule has 26 heavy (non-hydrogen) atoms. The van der Waals surface area contributed by atoms with Crippen molar-refractivity contribution in [2.45, 2.75) is 10.3 Å². The molecule has 3 rings (SSSR count). The smallest absolute Gasteiger partial charge is 0.242 e. The van der Waals surface area contributed by atoms with E-state index in [1.165, 1.54) is 38.5 Å². The summed E-state index contributed by atoms with van der Waals surface area (Å²) in [6, 6.07) is 1.58. The van der Waals surface area contributed by atoms with Gasteiger partial charge in [0.05, 0.1) is 20.0 Å². The molecule has 1 atom stereocenters. The molecule has 0 radical (unpaired) electrons. The van der Waals surface area contributed by atoms with Gasteiger partial charge in [-0.15, -0.1) is 0 Å². The summed E-state index contributed by atoms with van der Waals surface area (Å²) in [7, 11) is 2.98. The average Bonchev–Trinajstić information content (AvgIpc) is 3.10. The number of thioether (sulfide) groups is 1. The van der Waals surface area contributed by atoms with Gasteiger partial charge in [0.15, 0.2) is 5.65 Å². The molecule has 4 N–H and O–H groups in total. The first-order valence-corrected chi connectivity index (χ1v) is 8.28. The molecule has 0 aliphatic rings. The van der Waals surface area contributed by atoms with Crippen LogP contribution < -0.4 is 15.8 Å². The second kappa shape index (κ2) is 7.93. The fourth-order valence-corrected chi connectivity index (χ4v) is 3.12. The van der Waals surface area contributed by atoms with Crippen molar-refractivity contribution >= 4 is 40.7 Å². The summed E-state index contributed by atoms with van der Waals surface area (Å²) >= 11 is 1.17. The number of aromatic nitrogens is 6. The molecule has 0 saturated heterocycles. The van der Waals surface area contributed by atoms with E-state index in [9.17, 15) is 4.79 Å². The number of methoxy groups -OCH3 is 2. The van der Waals surface area contributed by atoms with Crippen molar-refractivity contribution in [1.82, 2.24) is 29.9 Å². The number of ether oxygens (including phenoxy) is 2. The van der Waals surface area contributed by atoms with Gasteiger partial charge in [-0.1, -0.05) is 11.8 Å². The summed E-state index contributed by atoms with van der Waals surface area (Å²) in [6.07, 6.45) is 2.97. The highest BCUT2D eigenvalue weighted by Gasteiger charge is 2.24. The lowest BCUT2D eigenvalue weighted by atomic mass is 10.4. The number of nitrogens with zero attached hydrogens (tertiary/aromatic N) is 5. The van der Waals surface area contributed by atoms with Gasteiger partial charge in [-0.05, 0) is 0 Å². The zero-order valence-electron chi connectivity index (χ0n) is 14.0. The number of aromatic amines is 1. The predicted molar refractivity (Wildman–Crippen MR) is 94.8 cm³/mol. The Morgan fingerprint density at radius 3 is 2.96 bits per heavy atom. The van der Waals surface area contributed by atoms with Gasteiger partial charge in [-0.3, -0.25) is 10.1 Å². The van der Waals surface area contributed by atoms with Crippen LogP contribution in [0.2, 0.25) is 0 Å². The molecule has 0 unspecified atom stereocenters. The third kappa shape index (κ3) is 3.97. The molecule has 3 heterocycles. The summed E-state index contributed by atoms with van der Waals surface area (Å²) in [6.45, 7) is 0.139. The number of amides is 1. The van der Waals surface area contributed by atoms with E-state index in [1.54, 1.807) is 6.07 Å². The van der Waals surface area contributed by atoms with Crippen molar-refractivity contribution in [2.75, 3.05) is 31.9 Å². The maximum Gasteiger partial charge on any atom is 0.242 e. The Morgan fingerprint density at radius 2 is 2.19 bits per heavy atom. The van der Waals surface area contributed by atoms with Gasteiger partial charge in [0.2, 0.25) is 23.7 Å². The van der Waals surface area contributed by atoms with Gasteiger partial charge in [0.1, 0.15) is 15.8 Å². The zero-order chi connectivity index (χ0) is 18.5. The first kappa shape index (κ1) is 17.8. The molecular weight excluding hydrogens is 360 g/mol. The van der Waals surface area contributed by atoms with Crippen molar-refractivity contribution in [3.63, 3.8) is 0 Å². The maximum absolute atomic E-state index is 12.6. The Labute approximate surface area is 152 Å². The lowest BCUT2D eigenvalue weighted by Gasteiger charge is -2.15. The normalized spacial score (nSPS) is 12.1. The highest BCUT2D eigenvalue weighted by Crippen LogP contribution is 2.28. The van der Waals surface area contributed by atoms with E-state index in [0.29, 0.717) is 22.1 Å². The van der Waals surface area contributed by atoms with Crippen LogP contribution in [0.4, 0.5) is 11.9 Å². The number of H-pyrrole nitrogens is 1. The highest BCUT2D eigenvalue weighted by atomic mass is 32.2. The monoisotopic (exact) mass is 376 g/mol. The lowest BCUT2D eigenvalue weighted by Crippen LogP contribution is -2.30. The summed E-state index contributed by atoms with van der Waals surface area (Å²) in [5.74, 6) is 0.189. The summed E-state index contributed by atoms with van der Waals surface area (Å²) in [5, 5.41) is 2.50. The Bertz CT molecular complexity index is 918. The maximum atomic E-state index is 12.6. The van der Waals surface area contributed by atoms with E-state index in [4.69, 9.17) is 15.2 Å². The van der Waals surface area contributed by atoms with E-state index in [-0.39, 0.29) is 24.4 Å². The third-order valence-electron chi connectivity index (χ3n) is 3.21. The van der Waals surface area contributed by atoms with Crippen molar-refractivity contribution in [3.05, 3.63) is 18.6 Å². The van der Waals surface area contributed by atoms with Crippen LogP contribution in [0.3, 0.4) is 0 Å². The second-order valence-electron chi connectivity index (χ2n) is 4.96. The molecule has 0 saturated carbocycles. The van der Waals surface area contributed by atoms with E-state index in [1.807, 2.05) is 0 Å². The van der Waals surface area contributed by atoms with Crippen LogP contribution in [0.5, 0.6) is 5.88 Å². The summed E-state index contributed by atoms with van der Waals surface area (Å²) in [5.41, 5.74) is 6.73. The van der Waals surface area contributed by atoms with Gasteiger partial charge in [-0.25, -0.2) is 15.0 Å². The molecule has 0 fully saturated rings. The molecule has 0 spiro atoms. The molecule has 1 amide bonds. The fourth-order valence-electron chi connectivity index (χ4n) is 2.06. The largest absolute Gasteiger partial charge is 0.481 e. The Hall–Kier alpha value is -2.99. The topological polar surface area (TPSA) is 154 Å². The average molecular weight is 376 g/mol. The fraction of sp³-hybridized carbons (Fsp3) is 0.286. The van der Waals surface area contributed by atoms with Crippen molar-refractivity contribution in [1.29, 1.82) is 0 Å². The van der Waals surface area contributed by atoms with Crippen LogP contribution in [0.1, 0.15) is 0 Å². The third-order valence-corrected chi connectivity index (χ3v) is 4.36. The number of nitrogens with one attached hydrogen (secondary N) is 2. The molecule has 12 heteroatoms. The van der Waals surface area contributed by atoms with Crippen LogP contribution in [0.15, 0.2) is 23.6 Å². The van der Waals surface area contributed by atoms with Crippen LogP contribution >= 0.6 is 11.8 Å². The van der Waals surface area contributed by atoms with Crippen molar-refractivity contribution in [2.24, 2.45) is 0 Å². The van der Waals surface area contributed by atoms with Crippen LogP contribution in [0.25, 0.3) is 11.2 Å². The second-order valence-corrected chi connectivity index (χ2v) is 6.15. The number of hydrogen-bond acceptors (Lipinski definition) is 10. The molecule has 0 aliphatic carbocycles. The van der Waals surface area contributed by atoms with Gasteiger partial charge in [-0.2, -0.15) is 9.97 Å². The number of fused-ring (bicyclic) bond motifs is 1. The minimum absolute atomic E-state index is 0.0693. The van der Waals surface area contributed by atoms with Gasteiger partial charge < -0.3 is 20.2 Å². The van der Waals surface area contributed by atoms with E-state index in [2.05, 4.69) is 35.2 Å². The predicted octanol–water partition coefficient (Wildman–Crippen LogP) is 0.479. The Balaban J connectivity index is 1.81. The van der Waals surface area contributed by atoms with Crippen molar-refractivity contribution < 1.29 is 14.3 Å². The number of nitrogens with two attached hydrogens (primary N) is 1. The molecule has 0 aromatic carbocycles. The quantitative estimate of drug-likeness (QED) is 0.392. The number of rotatable bonds is 7. The van der Waals surface area contributed by atoms with Gasteiger partial charge in [0.25, 0.3) is 0 Å². The first-order chi connectivity index (χ1) is 12.6. The van der Waals surface area contributed by atoms with Crippen LogP contribution in [-0.4, -0.2) is 61.9 Å². The number of imidazole rings is 1. The Kier molecular flexibility index (Phi) is 5.43. The SMILES string of the molecule is COC[C@H](Sc1nc(N)nc2nc[nH]c12)C(=O)Nc1nccc(OC)n1. The van der Waals surface area contributed by atoms with E-state index < -0.39 is 5.25 Å². The molecule has 3 aromatic heterocycles. The first-order valence-electron chi connectivity index (χ1n) is 7.40. The lowest BCUT2D eigenvalue weighted by molar-refractivity contribution is -0.116. The number of carbonyl (C=O) groups excluding carboxylic acids is 1.